The summed E-state index contributed by atoms with van der Waals surface area (Å²) in [5, 5.41) is 7.58. The average Bonchev–Trinajstić information content (AvgIpc) is 1.41. The molecule has 38 valence electrons. The van der Waals surface area contributed by atoms with Crippen molar-refractivity contribution in [3.8, 4) is 0 Å². The van der Waals surface area contributed by atoms with Crippen LogP contribution < -0.4 is 17.5 Å². The summed E-state index contributed by atoms with van der Waals surface area (Å²) in [6.07, 6.45) is 0. The maximum absolute atomic E-state index is 8.58. The van der Waals surface area contributed by atoms with Gasteiger partial charge in [-0.2, -0.15) is 5.84 Å². The molecule has 0 radical (unpaired) electrons. The number of nitrogens with zero attached hydrogens (tertiary/aromatic N) is 1. The van der Waals surface area contributed by atoms with Crippen LogP contribution in [0.1, 0.15) is 0 Å². The van der Waals surface area contributed by atoms with Crippen molar-refractivity contribution in [3.63, 3.8) is 0 Å². The van der Waals surface area contributed by atoms with Crippen molar-refractivity contribution in [1.82, 2.24) is 0 Å². The largest absolute Gasteiger partial charge is 0.274 e. The molecule has 0 aromatic carbocycles. The van der Waals surface area contributed by atoms with Gasteiger partial charge in [-0.1, -0.05) is 0 Å². The van der Waals surface area contributed by atoms with E-state index in [4.69, 9.17) is 10.1 Å². The van der Waals surface area contributed by atoms with Gasteiger partial charge in [0.15, 0.2) is 5.03 Å². The Labute approximate surface area is 34.0 Å². The van der Waals surface area contributed by atoms with Crippen LogP contribution in [-0.2, 0) is 0 Å². The quantitative estimate of drug-likeness (QED) is 0.181. The monoisotopic (exact) mass is 94.0 g/mol. The Kier molecular flexibility index (Phi) is 13.3. The Morgan fingerprint density at radius 3 is 1.50 bits per heavy atom. The first kappa shape index (κ1) is 8.93. The molecule has 0 saturated heterocycles. The number of hydrogen-bond acceptors (Lipinski definition) is 4. The summed E-state index contributed by atoms with van der Waals surface area (Å²) in [6.45, 7) is 0. The molecule has 6 heteroatoms. The van der Waals surface area contributed by atoms with Gasteiger partial charge in [0.2, 0.25) is 0 Å². The van der Waals surface area contributed by atoms with Crippen molar-refractivity contribution in [1.29, 1.82) is 0 Å². The first-order valence-electron chi connectivity index (χ1n) is 0.957. The van der Waals surface area contributed by atoms with Gasteiger partial charge in [-0.25, -0.2) is 10.1 Å². The molecule has 6 nitrogen and oxygen atoms in total. The fourth-order valence-electron chi connectivity index (χ4n) is 0. The van der Waals surface area contributed by atoms with Crippen molar-refractivity contribution in [2.24, 2.45) is 17.5 Å². The number of nitro groups is 1. The van der Waals surface area contributed by atoms with Gasteiger partial charge in [-0.05, 0) is 0 Å². The lowest BCUT2D eigenvalue weighted by Crippen LogP contribution is -2.04. The van der Waals surface area contributed by atoms with Gasteiger partial charge in [-0.15, -0.1) is 0 Å². The van der Waals surface area contributed by atoms with E-state index < -0.39 is 5.03 Å². The van der Waals surface area contributed by atoms with E-state index in [0.717, 1.165) is 0 Å². The molecule has 0 atom stereocenters. The third kappa shape index (κ3) is 18.1. The Bertz CT molecular complexity index is 28.5. The highest BCUT2D eigenvalue weighted by molar-refractivity contribution is 3.87. The minimum atomic E-state index is -1.00. The van der Waals surface area contributed by atoms with Crippen LogP contribution in [0.2, 0.25) is 0 Å². The van der Waals surface area contributed by atoms with Gasteiger partial charge in [0.05, 0.1) is 0 Å². The van der Waals surface area contributed by atoms with Crippen molar-refractivity contribution >= 4 is 0 Å². The minimum Gasteiger partial charge on any atom is -0.274 e. The maximum atomic E-state index is 8.58. The van der Waals surface area contributed by atoms with Crippen molar-refractivity contribution in [2.75, 3.05) is 0 Å². The van der Waals surface area contributed by atoms with Gasteiger partial charge in [0.1, 0.15) is 0 Å². The fourth-order valence-corrected chi connectivity index (χ4v) is 0. The Balaban J connectivity index is 0. The minimum absolute atomic E-state index is 1.00. The zero-order valence-electron chi connectivity index (χ0n) is 3.00. The SMILES string of the molecule is NN.N[N+](=O)[O-]. The fraction of sp³-hybridized carbons (Fsp3) is 0. The molecule has 0 aromatic rings. The normalized spacial score (nSPS) is 5.00. The van der Waals surface area contributed by atoms with Crippen LogP contribution in [0.25, 0.3) is 0 Å². The predicted molar refractivity (Wildman–Crippen MR) is 19.6 cm³/mol. The summed E-state index contributed by atoms with van der Waals surface area (Å²) in [6, 6.07) is 0. The van der Waals surface area contributed by atoms with E-state index >= 15 is 0 Å². The van der Waals surface area contributed by atoms with Crippen LogP contribution in [0.5, 0.6) is 0 Å². The third-order valence-corrected chi connectivity index (χ3v) is 0. The molecule has 0 aliphatic heterocycles. The molecule has 6 heavy (non-hydrogen) atoms. The Hall–Kier alpha value is -0.880. The first-order valence-corrected chi connectivity index (χ1v) is 0.957. The molecule has 0 aromatic heterocycles. The van der Waals surface area contributed by atoms with Crippen molar-refractivity contribution < 1.29 is 5.03 Å². The molecule has 0 rings (SSSR count). The molecular formula is H6N4O2. The summed E-state index contributed by atoms with van der Waals surface area (Å²) in [7, 11) is 0. The van der Waals surface area contributed by atoms with Crippen LogP contribution in [0.15, 0.2) is 0 Å². The molecule has 0 heterocycles. The third-order valence-electron chi connectivity index (χ3n) is 0. The van der Waals surface area contributed by atoms with Crippen LogP contribution in [0, 0.1) is 10.1 Å². The summed E-state index contributed by atoms with van der Waals surface area (Å²) >= 11 is 0. The van der Waals surface area contributed by atoms with Crippen molar-refractivity contribution in [3.05, 3.63) is 10.1 Å². The molecule has 0 amide bonds. The average molecular weight is 94.1 g/mol. The number of rotatable bonds is 0. The highest BCUT2D eigenvalue weighted by Crippen LogP contribution is 1.29. The Morgan fingerprint density at radius 1 is 1.50 bits per heavy atom. The van der Waals surface area contributed by atoms with E-state index in [9.17, 15) is 0 Å². The topological polar surface area (TPSA) is 121 Å². The second-order valence-corrected chi connectivity index (χ2v) is 0.285. The second-order valence-electron chi connectivity index (χ2n) is 0.285. The lowest BCUT2D eigenvalue weighted by Gasteiger charge is -1.61. The number of hydrogen-bond donors (Lipinski definition) is 3. The van der Waals surface area contributed by atoms with E-state index in [1.165, 1.54) is 0 Å². The van der Waals surface area contributed by atoms with Crippen LogP contribution >= 0.6 is 0 Å². The zero-order valence-corrected chi connectivity index (χ0v) is 3.00. The molecule has 0 aliphatic carbocycles. The van der Waals surface area contributed by atoms with Crippen LogP contribution in [0.4, 0.5) is 0 Å². The van der Waals surface area contributed by atoms with Gasteiger partial charge >= 0.3 is 0 Å². The first-order chi connectivity index (χ1) is 2.73. The zero-order chi connectivity index (χ0) is 5.58. The molecule has 0 unspecified atom stereocenters. The van der Waals surface area contributed by atoms with Gasteiger partial charge in [0.25, 0.3) is 0 Å². The summed E-state index contributed by atoms with van der Waals surface area (Å²) < 4.78 is 0. The van der Waals surface area contributed by atoms with Crippen LogP contribution in [0.3, 0.4) is 0 Å². The highest BCUT2D eigenvalue weighted by atomic mass is 16.7. The van der Waals surface area contributed by atoms with E-state index in [1.54, 1.807) is 0 Å². The van der Waals surface area contributed by atoms with Gasteiger partial charge in [-0.3, -0.25) is 11.7 Å². The smallest absolute Gasteiger partial charge is 0.154 e. The standard InChI is InChI=1S/H2N2O2.H4N2/c1-2(3)4;1-2/h1H2;1-2H2. The molecule has 0 spiro atoms. The van der Waals surface area contributed by atoms with Gasteiger partial charge < -0.3 is 0 Å². The van der Waals surface area contributed by atoms with Crippen molar-refractivity contribution in [2.45, 2.75) is 0 Å². The second kappa shape index (κ2) is 8.92. The highest BCUT2D eigenvalue weighted by Gasteiger charge is 1.57. The van der Waals surface area contributed by atoms with E-state index in [0.29, 0.717) is 0 Å². The number of hydrazine groups is 2. The Morgan fingerprint density at radius 2 is 1.50 bits per heavy atom. The molecular weight excluding hydrogens is 88.0 g/mol. The molecule has 6 N–H and O–H groups in total. The van der Waals surface area contributed by atoms with Gasteiger partial charge in [0, 0.05) is 0 Å². The van der Waals surface area contributed by atoms with E-state index in [-0.39, 0.29) is 0 Å². The number of nitrogens with two attached hydrogens (primary N) is 3. The summed E-state index contributed by atoms with van der Waals surface area (Å²) in [5.74, 6) is 11.8. The molecule has 0 bridgehead atoms. The maximum Gasteiger partial charge on any atom is 0.154 e. The predicted octanol–water partition coefficient (Wildman–Crippen LogP) is -2.04. The lowest BCUT2D eigenvalue weighted by molar-refractivity contribution is -0.491. The van der Waals surface area contributed by atoms with E-state index in [1.807, 2.05) is 0 Å². The molecule has 0 fully saturated rings. The summed E-state index contributed by atoms with van der Waals surface area (Å²) in [4.78, 5) is 8.58. The van der Waals surface area contributed by atoms with Crippen LogP contribution in [-0.4, -0.2) is 5.03 Å². The molecule has 0 aliphatic rings. The molecule has 0 saturated carbocycles. The summed E-state index contributed by atoms with van der Waals surface area (Å²) in [5.41, 5.74) is 0. The lowest BCUT2D eigenvalue weighted by atomic mass is 12.8. The van der Waals surface area contributed by atoms with E-state index in [2.05, 4.69) is 17.5 Å².